The molecule has 3 heterocycles. The molecular weight excluding hydrogens is 326 g/mol. The molecule has 3 aromatic rings. The molecule has 6 heteroatoms. The summed E-state index contributed by atoms with van der Waals surface area (Å²) in [6, 6.07) is 11.3. The summed E-state index contributed by atoms with van der Waals surface area (Å²) in [5, 5.41) is 18.8. The summed E-state index contributed by atoms with van der Waals surface area (Å²) in [6.07, 6.45) is 5.82. The minimum absolute atomic E-state index is 0.208. The lowest BCUT2D eigenvalue weighted by atomic mass is 10.1. The molecule has 0 amide bonds. The number of nitrogens with zero attached hydrogens (tertiary/aromatic N) is 5. The van der Waals surface area contributed by atoms with Crippen LogP contribution in [0.3, 0.4) is 0 Å². The Hall–Kier alpha value is -2.18. The van der Waals surface area contributed by atoms with Crippen LogP contribution in [-0.4, -0.2) is 49.3 Å². The normalized spacial score (nSPS) is 16.5. The first-order valence-corrected chi connectivity index (χ1v) is 9.52. The van der Waals surface area contributed by atoms with Crippen LogP contribution in [-0.2, 0) is 20.0 Å². The highest BCUT2D eigenvalue weighted by Crippen LogP contribution is 2.25. The third-order valence-corrected chi connectivity index (χ3v) is 5.52. The molecule has 0 spiro atoms. The molecule has 0 radical (unpaired) electrons. The van der Waals surface area contributed by atoms with Gasteiger partial charge in [0.15, 0.2) is 0 Å². The number of rotatable bonds is 6. The highest BCUT2D eigenvalue weighted by atomic mass is 16.2. The molecule has 0 unspecified atom stereocenters. The third kappa shape index (κ3) is 3.52. The standard InChI is InChI=1S/C20H27N5O/c1-23-19(13-16-5-2-3-7-20(16)23)15-24-10-8-18(9-11-24)25-14-17(21-22-25)6-4-12-26/h2-3,5,7,13-14,18,26H,4,6,8-12,15H2,1H3. The van der Waals surface area contributed by atoms with E-state index >= 15 is 0 Å². The largest absolute Gasteiger partial charge is 0.396 e. The number of likely N-dealkylation sites (tertiary alicyclic amines) is 1. The van der Waals surface area contributed by atoms with E-state index in [-0.39, 0.29) is 6.61 Å². The quantitative estimate of drug-likeness (QED) is 0.740. The van der Waals surface area contributed by atoms with Gasteiger partial charge in [0.25, 0.3) is 0 Å². The molecule has 1 aliphatic heterocycles. The summed E-state index contributed by atoms with van der Waals surface area (Å²) in [4.78, 5) is 2.54. The van der Waals surface area contributed by atoms with Crippen molar-refractivity contribution in [2.24, 2.45) is 7.05 Å². The topological polar surface area (TPSA) is 59.1 Å². The van der Waals surface area contributed by atoms with Crippen molar-refractivity contribution in [1.29, 1.82) is 0 Å². The zero-order chi connectivity index (χ0) is 17.9. The van der Waals surface area contributed by atoms with Gasteiger partial charge in [-0.3, -0.25) is 4.90 Å². The van der Waals surface area contributed by atoms with Crippen LogP contribution in [0, 0.1) is 0 Å². The van der Waals surface area contributed by atoms with Crippen LogP contribution in [0.25, 0.3) is 10.9 Å². The average Bonchev–Trinajstić information content (AvgIpc) is 3.26. The number of fused-ring (bicyclic) bond motifs is 1. The van der Waals surface area contributed by atoms with E-state index in [0.29, 0.717) is 6.04 Å². The highest BCUT2D eigenvalue weighted by Gasteiger charge is 2.22. The van der Waals surface area contributed by atoms with E-state index in [1.165, 1.54) is 16.6 Å². The van der Waals surface area contributed by atoms with Gasteiger partial charge in [-0.05, 0) is 43.2 Å². The van der Waals surface area contributed by atoms with E-state index in [0.717, 1.165) is 51.0 Å². The lowest BCUT2D eigenvalue weighted by Crippen LogP contribution is -2.34. The number of piperidine rings is 1. The molecule has 26 heavy (non-hydrogen) atoms. The smallest absolute Gasteiger partial charge is 0.0828 e. The summed E-state index contributed by atoms with van der Waals surface area (Å²) in [7, 11) is 2.16. The second-order valence-electron chi connectivity index (χ2n) is 7.28. The van der Waals surface area contributed by atoms with Crippen LogP contribution in [0.5, 0.6) is 0 Å². The van der Waals surface area contributed by atoms with E-state index in [2.05, 4.69) is 63.4 Å². The number of aryl methyl sites for hydroxylation is 2. The molecule has 2 aromatic heterocycles. The first-order chi connectivity index (χ1) is 12.7. The van der Waals surface area contributed by atoms with Gasteiger partial charge in [-0.15, -0.1) is 5.10 Å². The van der Waals surface area contributed by atoms with Crippen molar-refractivity contribution in [3.8, 4) is 0 Å². The zero-order valence-corrected chi connectivity index (χ0v) is 15.4. The van der Waals surface area contributed by atoms with Crippen molar-refractivity contribution in [3.05, 3.63) is 47.9 Å². The van der Waals surface area contributed by atoms with E-state index in [4.69, 9.17) is 5.11 Å². The molecule has 0 aliphatic carbocycles. The number of benzene rings is 1. The van der Waals surface area contributed by atoms with E-state index in [9.17, 15) is 0 Å². The van der Waals surface area contributed by atoms with Gasteiger partial charge >= 0.3 is 0 Å². The maximum atomic E-state index is 8.94. The van der Waals surface area contributed by atoms with Gasteiger partial charge in [0.2, 0.25) is 0 Å². The molecule has 0 atom stereocenters. The van der Waals surface area contributed by atoms with Crippen LogP contribution in [0.15, 0.2) is 36.5 Å². The van der Waals surface area contributed by atoms with Crippen LogP contribution >= 0.6 is 0 Å². The Labute approximate surface area is 154 Å². The van der Waals surface area contributed by atoms with Gasteiger partial charge in [0.05, 0.1) is 11.7 Å². The number of hydrogen-bond acceptors (Lipinski definition) is 4. The number of aromatic nitrogens is 4. The Morgan fingerprint density at radius 1 is 1.19 bits per heavy atom. The van der Waals surface area contributed by atoms with Crippen LogP contribution in [0.2, 0.25) is 0 Å². The molecule has 1 saturated heterocycles. The first kappa shape index (κ1) is 17.2. The van der Waals surface area contributed by atoms with Gasteiger partial charge < -0.3 is 9.67 Å². The van der Waals surface area contributed by atoms with Crippen molar-refractivity contribution in [2.75, 3.05) is 19.7 Å². The first-order valence-electron chi connectivity index (χ1n) is 9.52. The summed E-state index contributed by atoms with van der Waals surface area (Å²) in [5.74, 6) is 0. The van der Waals surface area contributed by atoms with Crippen LogP contribution < -0.4 is 0 Å². The zero-order valence-electron chi connectivity index (χ0n) is 15.4. The van der Waals surface area contributed by atoms with Crippen molar-refractivity contribution in [1.82, 2.24) is 24.5 Å². The second kappa shape index (κ2) is 7.60. The molecule has 1 N–H and O–H groups in total. The number of para-hydroxylation sites is 1. The van der Waals surface area contributed by atoms with Crippen LogP contribution in [0.1, 0.15) is 36.7 Å². The van der Waals surface area contributed by atoms with Crippen LogP contribution in [0.4, 0.5) is 0 Å². The second-order valence-corrected chi connectivity index (χ2v) is 7.28. The minimum Gasteiger partial charge on any atom is -0.396 e. The molecule has 1 aromatic carbocycles. The Balaban J connectivity index is 1.36. The van der Waals surface area contributed by atoms with Gasteiger partial charge in [0.1, 0.15) is 0 Å². The maximum absolute atomic E-state index is 8.94. The molecule has 1 aliphatic rings. The van der Waals surface area contributed by atoms with Gasteiger partial charge in [-0.25, -0.2) is 4.68 Å². The van der Waals surface area contributed by atoms with Gasteiger partial charge in [0, 0.05) is 50.7 Å². The molecule has 0 saturated carbocycles. The fourth-order valence-corrected chi connectivity index (χ4v) is 3.94. The maximum Gasteiger partial charge on any atom is 0.0828 e. The predicted octanol–water partition coefficient (Wildman–Crippen LogP) is 2.53. The van der Waals surface area contributed by atoms with Gasteiger partial charge in [-0.1, -0.05) is 23.4 Å². The highest BCUT2D eigenvalue weighted by molar-refractivity contribution is 5.81. The van der Waals surface area contributed by atoms with Gasteiger partial charge in [-0.2, -0.15) is 0 Å². The number of hydrogen-bond donors (Lipinski definition) is 1. The molecule has 4 rings (SSSR count). The van der Waals surface area contributed by atoms with E-state index in [1.807, 2.05) is 4.68 Å². The average molecular weight is 353 g/mol. The van der Waals surface area contributed by atoms with Crippen molar-refractivity contribution in [2.45, 2.75) is 38.3 Å². The SMILES string of the molecule is Cn1c(CN2CCC(n3cc(CCCO)nn3)CC2)cc2ccccc21. The monoisotopic (exact) mass is 353 g/mol. The fourth-order valence-electron chi connectivity index (χ4n) is 3.94. The lowest BCUT2D eigenvalue weighted by molar-refractivity contribution is 0.169. The summed E-state index contributed by atoms with van der Waals surface area (Å²) in [5.41, 5.74) is 3.66. The molecule has 138 valence electrons. The van der Waals surface area contributed by atoms with E-state index < -0.39 is 0 Å². The van der Waals surface area contributed by atoms with Crippen molar-refractivity contribution < 1.29 is 5.11 Å². The lowest BCUT2D eigenvalue weighted by Gasteiger charge is -2.31. The number of aliphatic hydroxyl groups excluding tert-OH is 1. The summed E-state index contributed by atoms with van der Waals surface area (Å²) >= 11 is 0. The predicted molar refractivity (Wildman–Crippen MR) is 102 cm³/mol. The fraction of sp³-hybridized carbons (Fsp3) is 0.500. The van der Waals surface area contributed by atoms with E-state index in [1.54, 1.807) is 0 Å². The minimum atomic E-state index is 0.208. The molecule has 6 nitrogen and oxygen atoms in total. The van der Waals surface area contributed by atoms with Crippen molar-refractivity contribution >= 4 is 10.9 Å². The van der Waals surface area contributed by atoms with Crippen molar-refractivity contribution in [3.63, 3.8) is 0 Å². The summed E-state index contributed by atoms with van der Waals surface area (Å²) < 4.78 is 4.34. The Bertz CT molecular complexity index is 860. The molecular formula is C20H27N5O. The Kier molecular flexibility index (Phi) is 5.04. The Morgan fingerprint density at radius 2 is 2.00 bits per heavy atom. The molecule has 1 fully saturated rings. The summed E-state index contributed by atoms with van der Waals surface area (Å²) in [6.45, 7) is 3.37. The third-order valence-electron chi connectivity index (χ3n) is 5.52. The molecule has 0 bridgehead atoms. The Morgan fingerprint density at radius 3 is 2.77 bits per heavy atom. The number of aliphatic hydroxyl groups is 1.